The molecule has 0 saturated carbocycles. The van der Waals surface area contributed by atoms with Gasteiger partial charge in [0.1, 0.15) is 0 Å². The number of H-pyrrole nitrogens is 2. The molecule has 2 heterocycles. The van der Waals surface area contributed by atoms with Crippen LogP contribution in [0.15, 0.2) is 24.4 Å². The van der Waals surface area contributed by atoms with Gasteiger partial charge < -0.3 is 10.7 Å². The summed E-state index contributed by atoms with van der Waals surface area (Å²) in [6, 6.07) is 6.02. The molecule has 2 aromatic heterocycles. The Labute approximate surface area is 97.8 Å². The fourth-order valence-electron chi connectivity index (χ4n) is 2.72. The van der Waals surface area contributed by atoms with E-state index in [0.717, 1.165) is 29.7 Å². The van der Waals surface area contributed by atoms with E-state index in [4.69, 9.17) is 5.73 Å². The number of nitrogens with zero attached hydrogens (tertiary/aromatic N) is 1. The van der Waals surface area contributed by atoms with E-state index >= 15 is 0 Å². The Morgan fingerprint density at radius 3 is 3.06 bits per heavy atom. The lowest BCUT2D eigenvalue weighted by Crippen LogP contribution is -2.00. The van der Waals surface area contributed by atoms with Crippen LogP contribution < -0.4 is 5.73 Å². The zero-order valence-electron chi connectivity index (χ0n) is 9.25. The van der Waals surface area contributed by atoms with Crippen LogP contribution >= 0.6 is 0 Å². The van der Waals surface area contributed by atoms with Gasteiger partial charge in [-0.1, -0.05) is 0 Å². The van der Waals surface area contributed by atoms with Gasteiger partial charge in [-0.05, 0) is 42.2 Å². The third kappa shape index (κ3) is 1.09. The van der Waals surface area contributed by atoms with Crippen molar-refractivity contribution in [3.8, 4) is 11.4 Å². The van der Waals surface area contributed by atoms with Gasteiger partial charge in [0.25, 0.3) is 0 Å². The molecule has 0 atom stereocenters. The minimum absolute atomic E-state index is 0.815. The average molecular weight is 224 g/mol. The number of nitrogens with one attached hydrogen (secondary N) is 2. The Hall–Kier alpha value is -2.23. The molecule has 4 N–H and O–H groups in total. The number of fused-ring (bicyclic) bond motifs is 5. The first-order valence-electron chi connectivity index (χ1n) is 5.75. The number of aromatic nitrogens is 3. The monoisotopic (exact) mass is 224 g/mol. The van der Waals surface area contributed by atoms with Gasteiger partial charge in [0.05, 0.1) is 17.6 Å². The van der Waals surface area contributed by atoms with E-state index in [9.17, 15) is 0 Å². The van der Waals surface area contributed by atoms with Gasteiger partial charge in [0.2, 0.25) is 0 Å². The number of aromatic amines is 2. The highest BCUT2D eigenvalue weighted by Gasteiger charge is 2.21. The second-order valence-electron chi connectivity index (χ2n) is 4.55. The van der Waals surface area contributed by atoms with Crippen molar-refractivity contribution < 1.29 is 0 Å². The summed E-state index contributed by atoms with van der Waals surface area (Å²) in [5.74, 6) is 0. The van der Waals surface area contributed by atoms with Crippen LogP contribution in [0, 0.1) is 0 Å². The van der Waals surface area contributed by atoms with Crippen LogP contribution in [0.1, 0.15) is 11.1 Å². The molecule has 0 fully saturated rings. The maximum Gasteiger partial charge on any atom is 0.0847 e. The van der Waals surface area contributed by atoms with E-state index in [2.05, 4.69) is 15.2 Å². The molecule has 0 saturated heterocycles. The predicted octanol–water partition coefficient (Wildman–Crippen LogP) is 2.24. The molecule has 0 amide bonds. The molecular weight excluding hydrogens is 212 g/mol. The number of hydrogen-bond acceptors (Lipinski definition) is 2. The van der Waals surface area contributed by atoms with Crippen LogP contribution in [0.2, 0.25) is 0 Å². The van der Waals surface area contributed by atoms with Gasteiger partial charge in [-0.15, -0.1) is 0 Å². The Bertz CT molecular complexity index is 720. The van der Waals surface area contributed by atoms with E-state index in [1.54, 1.807) is 0 Å². The lowest BCUT2D eigenvalue weighted by atomic mass is 9.94. The maximum atomic E-state index is 5.86. The van der Waals surface area contributed by atoms with E-state index in [-0.39, 0.29) is 0 Å². The SMILES string of the molecule is Nc1ccc2[nH]c3c(c2c1)CCc1cn[nH]c1-3. The number of aryl methyl sites for hydroxylation is 2. The number of anilines is 1. The minimum Gasteiger partial charge on any atom is -0.399 e. The minimum atomic E-state index is 0.815. The van der Waals surface area contributed by atoms with Crippen molar-refractivity contribution in [3.05, 3.63) is 35.5 Å². The summed E-state index contributed by atoms with van der Waals surface area (Å²) in [5.41, 5.74) is 12.8. The zero-order chi connectivity index (χ0) is 11.4. The summed E-state index contributed by atoms with van der Waals surface area (Å²) >= 11 is 0. The third-order valence-corrected chi connectivity index (χ3v) is 3.54. The van der Waals surface area contributed by atoms with Crippen LogP contribution in [0.5, 0.6) is 0 Å². The van der Waals surface area contributed by atoms with Crippen LogP contribution in [-0.4, -0.2) is 15.2 Å². The third-order valence-electron chi connectivity index (χ3n) is 3.54. The second-order valence-corrected chi connectivity index (χ2v) is 4.55. The van der Waals surface area contributed by atoms with Crippen molar-refractivity contribution in [2.45, 2.75) is 12.8 Å². The van der Waals surface area contributed by atoms with Crippen molar-refractivity contribution in [3.63, 3.8) is 0 Å². The summed E-state index contributed by atoms with van der Waals surface area (Å²) in [5, 5.41) is 8.43. The molecule has 1 aliphatic rings. The molecule has 0 spiro atoms. The van der Waals surface area contributed by atoms with Gasteiger partial charge in [0, 0.05) is 16.6 Å². The molecule has 17 heavy (non-hydrogen) atoms. The number of nitrogens with two attached hydrogens (primary N) is 1. The molecule has 0 unspecified atom stereocenters. The summed E-state index contributed by atoms with van der Waals surface area (Å²) in [6.45, 7) is 0. The molecule has 84 valence electrons. The van der Waals surface area contributed by atoms with E-state index < -0.39 is 0 Å². The fourth-order valence-corrected chi connectivity index (χ4v) is 2.72. The first-order valence-corrected chi connectivity index (χ1v) is 5.75. The van der Waals surface area contributed by atoms with Crippen molar-refractivity contribution in [1.29, 1.82) is 0 Å². The van der Waals surface area contributed by atoms with Crippen LogP contribution in [-0.2, 0) is 12.8 Å². The van der Waals surface area contributed by atoms with Gasteiger partial charge in [-0.2, -0.15) is 5.10 Å². The van der Waals surface area contributed by atoms with Crippen LogP contribution in [0.25, 0.3) is 22.3 Å². The second kappa shape index (κ2) is 2.91. The quantitative estimate of drug-likeness (QED) is 0.512. The summed E-state index contributed by atoms with van der Waals surface area (Å²) in [6.07, 6.45) is 4.00. The molecule has 4 rings (SSSR count). The summed E-state index contributed by atoms with van der Waals surface area (Å²) in [7, 11) is 0. The average Bonchev–Trinajstić information content (AvgIpc) is 2.91. The van der Waals surface area contributed by atoms with E-state index in [1.165, 1.54) is 22.2 Å². The number of hydrogen-bond donors (Lipinski definition) is 3. The first-order chi connectivity index (χ1) is 8.33. The lowest BCUT2D eigenvalue weighted by Gasteiger charge is -2.11. The maximum absolute atomic E-state index is 5.86. The highest BCUT2D eigenvalue weighted by molar-refractivity contribution is 5.93. The number of rotatable bonds is 0. The molecule has 4 heteroatoms. The fraction of sp³-hybridized carbons (Fsp3) is 0.154. The highest BCUT2D eigenvalue weighted by atomic mass is 15.1. The molecule has 0 bridgehead atoms. The predicted molar refractivity (Wildman–Crippen MR) is 67.7 cm³/mol. The Morgan fingerprint density at radius 2 is 2.12 bits per heavy atom. The first kappa shape index (κ1) is 8.87. The van der Waals surface area contributed by atoms with E-state index in [1.807, 2.05) is 24.4 Å². The van der Waals surface area contributed by atoms with Gasteiger partial charge in [-0.25, -0.2) is 0 Å². The van der Waals surface area contributed by atoms with Gasteiger partial charge >= 0.3 is 0 Å². The van der Waals surface area contributed by atoms with Crippen molar-refractivity contribution in [1.82, 2.24) is 15.2 Å². The van der Waals surface area contributed by atoms with Crippen LogP contribution in [0.4, 0.5) is 5.69 Å². The summed E-state index contributed by atoms with van der Waals surface area (Å²) < 4.78 is 0. The molecule has 1 aliphatic carbocycles. The topological polar surface area (TPSA) is 70.5 Å². The molecule has 0 radical (unpaired) electrons. The highest BCUT2D eigenvalue weighted by Crippen LogP contribution is 2.36. The molecule has 1 aromatic carbocycles. The van der Waals surface area contributed by atoms with Crippen molar-refractivity contribution >= 4 is 16.6 Å². The smallest absolute Gasteiger partial charge is 0.0847 e. The zero-order valence-corrected chi connectivity index (χ0v) is 9.25. The van der Waals surface area contributed by atoms with Crippen LogP contribution in [0.3, 0.4) is 0 Å². The van der Waals surface area contributed by atoms with Gasteiger partial charge in [-0.3, -0.25) is 5.10 Å². The number of benzene rings is 1. The molecular formula is C13H12N4. The largest absolute Gasteiger partial charge is 0.399 e. The van der Waals surface area contributed by atoms with Gasteiger partial charge in [0.15, 0.2) is 0 Å². The summed E-state index contributed by atoms with van der Waals surface area (Å²) in [4.78, 5) is 3.46. The molecule has 3 aromatic rings. The van der Waals surface area contributed by atoms with Crippen molar-refractivity contribution in [2.24, 2.45) is 0 Å². The lowest BCUT2D eigenvalue weighted by molar-refractivity contribution is 0.947. The Kier molecular flexibility index (Phi) is 1.52. The standard InChI is InChI=1S/C13H12N4/c14-8-2-4-11-10(5-8)9-3-1-7-6-15-17-12(7)13(9)16-11/h2,4-6,16H,1,3,14H2,(H,15,17). The normalized spacial score (nSPS) is 13.6. The number of nitrogen functional groups attached to an aromatic ring is 1. The van der Waals surface area contributed by atoms with E-state index in [0.29, 0.717) is 0 Å². The van der Waals surface area contributed by atoms with Crippen molar-refractivity contribution in [2.75, 3.05) is 5.73 Å². The molecule has 0 aliphatic heterocycles. The Morgan fingerprint density at radius 1 is 1.18 bits per heavy atom. The Balaban J connectivity index is 2.10. The molecule has 4 nitrogen and oxygen atoms in total.